The molecule has 19 heavy (non-hydrogen) atoms. The Morgan fingerprint density at radius 2 is 1.79 bits per heavy atom. The van der Waals surface area contributed by atoms with E-state index in [-0.39, 0.29) is 25.0 Å². The van der Waals surface area contributed by atoms with E-state index in [1.54, 1.807) is 20.8 Å². The maximum absolute atomic E-state index is 11.2. The summed E-state index contributed by atoms with van der Waals surface area (Å²) in [4.78, 5) is 43.7. The lowest BCUT2D eigenvalue weighted by atomic mass is 10.2. The maximum Gasteiger partial charge on any atom is 0.540 e. The van der Waals surface area contributed by atoms with Crippen LogP contribution in [0.3, 0.4) is 0 Å². The molecule has 0 aromatic heterocycles. The Labute approximate surface area is 111 Å². The zero-order chi connectivity index (χ0) is 14.5. The second-order valence-electron chi connectivity index (χ2n) is 4.89. The van der Waals surface area contributed by atoms with Gasteiger partial charge in [-0.3, -0.25) is 19.4 Å². The van der Waals surface area contributed by atoms with Crippen LogP contribution in [-0.4, -0.2) is 41.6 Å². The van der Waals surface area contributed by atoms with E-state index in [2.05, 4.69) is 4.89 Å². The molecule has 1 rings (SSSR count). The normalized spacial score (nSPS) is 15.0. The highest BCUT2D eigenvalue weighted by atomic mass is 17.2. The lowest BCUT2D eigenvalue weighted by Gasteiger charge is -2.16. The number of amides is 2. The van der Waals surface area contributed by atoms with Gasteiger partial charge in [0.05, 0.1) is 6.61 Å². The molecule has 0 atom stereocenters. The lowest BCUT2D eigenvalue weighted by molar-refractivity contribution is -0.312. The number of hydrogen-bond acceptors (Lipinski definition) is 6. The molecular weight excluding hydrogens is 254 g/mol. The summed E-state index contributed by atoms with van der Waals surface area (Å²) in [6, 6.07) is 0. The van der Waals surface area contributed by atoms with Gasteiger partial charge in [0.2, 0.25) is 0 Å². The van der Waals surface area contributed by atoms with E-state index in [0.29, 0.717) is 6.42 Å². The predicted octanol–water partition coefficient (Wildman–Crippen LogP) is 1.18. The van der Waals surface area contributed by atoms with Crippen molar-refractivity contribution < 1.29 is 28.9 Å². The third kappa shape index (κ3) is 5.52. The van der Waals surface area contributed by atoms with Gasteiger partial charge in [-0.05, 0) is 27.2 Å². The zero-order valence-corrected chi connectivity index (χ0v) is 11.2. The minimum Gasteiger partial charge on any atom is -0.432 e. The first-order chi connectivity index (χ1) is 8.79. The van der Waals surface area contributed by atoms with Crippen molar-refractivity contribution in [3.8, 4) is 0 Å². The van der Waals surface area contributed by atoms with Crippen molar-refractivity contribution in [2.24, 2.45) is 0 Å². The van der Waals surface area contributed by atoms with Gasteiger partial charge < -0.3 is 4.74 Å². The average molecular weight is 271 g/mol. The second-order valence-corrected chi connectivity index (χ2v) is 4.89. The average Bonchev–Trinajstić information content (AvgIpc) is 2.62. The first-order valence-electron chi connectivity index (χ1n) is 5.85. The monoisotopic (exact) mass is 271 g/mol. The lowest BCUT2D eigenvalue weighted by Crippen LogP contribution is -2.31. The summed E-state index contributed by atoms with van der Waals surface area (Å²) in [5, 5.41) is 0. The van der Waals surface area contributed by atoms with Crippen LogP contribution in [0.25, 0.3) is 0 Å². The van der Waals surface area contributed by atoms with E-state index in [4.69, 9.17) is 9.62 Å². The quantitative estimate of drug-likeness (QED) is 0.245. The molecule has 0 N–H and O–H groups in total. The van der Waals surface area contributed by atoms with E-state index in [0.717, 1.165) is 4.90 Å². The van der Waals surface area contributed by atoms with Crippen molar-refractivity contribution in [3.63, 3.8) is 0 Å². The van der Waals surface area contributed by atoms with E-state index < -0.39 is 11.8 Å². The van der Waals surface area contributed by atoms with Gasteiger partial charge >= 0.3 is 6.16 Å². The van der Waals surface area contributed by atoms with E-state index >= 15 is 0 Å². The molecule has 0 unspecified atom stereocenters. The Morgan fingerprint density at radius 3 is 2.32 bits per heavy atom. The van der Waals surface area contributed by atoms with Crippen molar-refractivity contribution in [1.29, 1.82) is 0 Å². The summed E-state index contributed by atoms with van der Waals surface area (Å²) in [5.41, 5.74) is -0.612. The number of imide groups is 1. The number of hydrogen-bond donors (Lipinski definition) is 0. The fourth-order valence-corrected chi connectivity index (χ4v) is 1.21. The van der Waals surface area contributed by atoms with Crippen LogP contribution in [0.15, 0.2) is 12.2 Å². The van der Waals surface area contributed by atoms with Crippen molar-refractivity contribution in [1.82, 2.24) is 4.90 Å². The molecule has 0 aromatic carbocycles. The van der Waals surface area contributed by atoms with Crippen LogP contribution in [0.5, 0.6) is 0 Å². The van der Waals surface area contributed by atoms with Crippen LogP contribution in [0.2, 0.25) is 0 Å². The van der Waals surface area contributed by atoms with E-state index in [1.165, 1.54) is 12.2 Å². The molecule has 2 amide bonds. The van der Waals surface area contributed by atoms with Crippen molar-refractivity contribution in [2.45, 2.75) is 32.8 Å². The van der Waals surface area contributed by atoms with Crippen LogP contribution >= 0.6 is 0 Å². The van der Waals surface area contributed by atoms with Gasteiger partial charge in [0.15, 0.2) is 0 Å². The van der Waals surface area contributed by atoms with Gasteiger partial charge in [0, 0.05) is 18.7 Å². The summed E-state index contributed by atoms with van der Waals surface area (Å²) in [5.74, 6) is -0.715. The largest absolute Gasteiger partial charge is 0.540 e. The molecule has 0 fully saturated rings. The number of carbonyl (C=O) groups excluding carboxylic acids is 3. The molecule has 0 saturated heterocycles. The van der Waals surface area contributed by atoms with Gasteiger partial charge in [-0.2, -0.15) is 4.89 Å². The van der Waals surface area contributed by atoms with Crippen molar-refractivity contribution in [3.05, 3.63) is 12.2 Å². The summed E-state index contributed by atoms with van der Waals surface area (Å²) in [7, 11) is 0. The van der Waals surface area contributed by atoms with Crippen molar-refractivity contribution >= 4 is 18.0 Å². The SMILES string of the molecule is CC(C)(C)OOC(=O)OCCCN1C(=O)C=CC1=O. The Bertz CT molecular complexity index is 378. The van der Waals surface area contributed by atoms with Gasteiger partial charge in [-0.15, -0.1) is 0 Å². The van der Waals surface area contributed by atoms with Gasteiger partial charge in [0.1, 0.15) is 5.60 Å². The molecule has 0 radical (unpaired) electrons. The Balaban J connectivity index is 2.13. The molecule has 1 heterocycles. The van der Waals surface area contributed by atoms with Crippen LogP contribution < -0.4 is 0 Å². The molecule has 0 spiro atoms. The van der Waals surface area contributed by atoms with Crippen LogP contribution in [0.4, 0.5) is 4.79 Å². The highest BCUT2D eigenvalue weighted by Gasteiger charge is 2.22. The summed E-state index contributed by atoms with van der Waals surface area (Å²) in [6.07, 6.45) is 1.79. The summed E-state index contributed by atoms with van der Waals surface area (Å²) in [6.45, 7) is 5.38. The standard InChI is InChI=1S/C12H17NO6/c1-12(2,3)19-18-11(16)17-8-4-7-13-9(14)5-6-10(13)15/h5-6H,4,7-8H2,1-3H3. The summed E-state index contributed by atoms with van der Waals surface area (Å²) < 4.78 is 4.71. The smallest absolute Gasteiger partial charge is 0.432 e. The number of ether oxygens (including phenoxy) is 1. The van der Waals surface area contributed by atoms with Crippen LogP contribution in [-0.2, 0) is 24.1 Å². The molecule has 7 nitrogen and oxygen atoms in total. The van der Waals surface area contributed by atoms with Gasteiger partial charge in [-0.25, -0.2) is 4.79 Å². The minimum atomic E-state index is -0.952. The Morgan fingerprint density at radius 1 is 1.21 bits per heavy atom. The maximum atomic E-state index is 11.2. The van der Waals surface area contributed by atoms with Gasteiger partial charge in [-0.1, -0.05) is 0 Å². The fraction of sp³-hybridized carbons (Fsp3) is 0.583. The molecule has 1 aliphatic rings. The molecule has 0 aromatic rings. The molecule has 106 valence electrons. The molecule has 0 aliphatic carbocycles. The van der Waals surface area contributed by atoms with Crippen LogP contribution in [0.1, 0.15) is 27.2 Å². The third-order valence-corrected chi connectivity index (χ3v) is 2.01. The third-order valence-electron chi connectivity index (χ3n) is 2.01. The molecular formula is C12H17NO6. The summed E-state index contributed by atoms with van der Waals surface area (Å²) >= 11 is 0. The van der Waals surface area contributed by atoms with E-state index in [1.807, 2.05) is 0 Å². The van der Waals surface area contributed by atoms with Gasteiger partial charge in [0.25, 0.3) is 11.8 Å². The molecule has 7 heteroatoms. The Hall–Kier alpha value is -1.89. The zero-order valence-electron chi connectivity index (χ0n) is 11.2. The van der Waals surface area contributed by atoms with Crippen LogP contribution in [0, 0.1) is 0 Å². The highest BCUT2D eigenvalue weighted by molar-refractivity contribution is 6.12. The second kappa shape index (κ2) is 6.33. The molecule has 0 saturated carbocycles. The number of nitrogens with zero attached hydrogens (tertiary/aromatic N) is 1. The molecule has 1 aliphatic heterocycles. The first-order valence-corrected chi connectivity index (χ1v) is 5.85. The minimum absolute atomic E-state index is 0.0311. The predicted molar refractivity (Wildman–Crippen MR) is 63.7 cm³/mol. The fourth-order valence-electron chi connectivity index (χ4n) is 1.21. The highest BCUT2D eigenvalue weighted by Crippen LogP contribution is 2.08. The van der Waals surface area contributed by atoms with Crippen molar-refractivity contribution in [2.75, 3.05) is 13.2 Å². The first kappa shape index (κ1) is 15.2. The Kier molecular flexibility index (Phi) is 5.05. The number of carbonyl (C=O) groups is 3. The topological polar surface area (TPSA) is 82.1 Å². The van der Waals surface area contributed by atoms with E-state index in [9.17, 15) is 14.4 Å². The molecule has 0 bridgehead atoms. The number of rotatable bonds is 5.